The Hall–Kier alpha value is -0.130. The molecule has 1 aliphatic rings. The first-order valence-electron chi connectivity index (χ1n) is 5.50. The van der Waals surface area contributed by atoms with Crippen LogP contribution in [0.3, 0.4) is 0 Å². The summed E-state index contributed by atoms with van der Waals surface area (Å²) >= 11 is 0. The van der Waals surface area contributed by atoms with Crippen molar-refractivity contribution in [2.75, 3.05) is 32.1 Å². The van der Waals surface area contributed by atoms with Crippen molar-refractivity contribution >= 4 is 9.84 Å². The van der Waals surface area contributed by atoms with Crippen LogP contribution < -0.4 is 5.73 Å². The van der Waals surface area contributed by atoms with E-state index in [1.807, 2.05) is 7.05 Å². The monoisotopic (exact) mass is 234 g/mol. The molecule has 1 saturated carbocycles. The normalized spacial score (nSPS) is 27.5. The molecule has 90 valence electrons. The maximum absolute atomic E-state index is 11.0. The maximum atomic E-state index is 11.0. The summed E-state index contributed by atoms with van der Waals surface area (Å²) in [5, 5.41) is 0. The van der Waals surface area contributed by atoms with E-state index in [0.29, 0.717) is 18.5 Å². The van der Waals surface area contributed by atoms with Crippen molar-refractivity contribution in [2.24, 2.45) is 11.7 Å². The first-order valence-corrected chi connectivity index (χ1v) is 7.56. The lowest BCUT2D eigenvalue weighted by Gasteiger charge is -2.23. The Morgan fingerprint density at radius 2 is 2.07 bits per heavy atom. The Balaban J connectivity index is 2.26. The predicted molar refractivity (Wildman–Crippen MR) is 62.5 cm³/mol. The van der Waals surface area contributed by atoms with Gasteiger partial charge in [-0.05, 0) is 25.8 Å². The van der Waals surface area contributed by atoms with Crippen molar-refractivity contribution in [2.45, 2.75) is 25.3 Å². The molecule has 2 unspecified atom stereocenters. The van der Waals surface area contributed by atoms with Crippen LogP contribution in [0.5, 0.6) is 0 Å². The average Bonchev–Trinajstić information content (AvgIpc) is 2.47. The number of nitrogens with zero attached hydrogens (tertiary/aromatic N) is 1. The SMILES string of the molecule is CN(CCS(C)(=O)=O)CC1CCCC1N. The Morgan fingerprint density at radius 3 is 2.53 bits per heavy atom. The van der Waals surface area contributed by atoms with Crippen molar-refractivity contribution < 1.29 is 8.42 Å². The molecule has 0 aromatic carbocycles. The second-order valence-corrected chi connectivity index (χ2v) is 7.01. The van der Waals surface area contributed by atoms with Gasteiger partial charge in [-0.1, -0.05) is 6.42 Å². The van der Waals surface area contributed by atoms with Gasteiger partial charge in [0, 0.05) is 25.4 Å². The van der Waals surface area contributed by atoms with Gasteiger partial charge in [-0.25, -0.2) is 8.42 Å². The summed E-state index contributed by atoms with van der Waals surface area (Å²) in [6.07, 6.45) is 4.79. The van der Waals surface area contributed by atoms with Crippen LogP contribution in [0.4, 0.5) is 0 Å². The molecule has 0 aromatic rings. The van der Waals surface area contributed by atoms with Crippen molar-refractivity contribution in [3.8, 4) is 0 Å². The number of nitrogens with two attached hydrogens (primary N) is 1. The van der Waals surface area contributed by atoms with Crippen LogP contribution >= 0.6 is 0 Å². The van der Waals surface area contributed by atoms with Crippen LogP contribution in [-0.2, 0) is 9.84 Å². The van der Waals surface area contributed by atoms with Gasteiger partial charge in [0.1, 0.15) is 9.84 Å². The summed E-state index contributed by atoms with van der Waals surface area (Å²) in [6.45, 7) is 1.54. The van der Waals surface area contributed by atoms with Gasteiger partial charge >= 0.3 is 0 Å². The minimum absolute atomic E-state index is 0.242. The highest BCUT2D eigenvalue weighted by Gasteiger charge is 2.24. The molecule has 0 amide bonds. The van der Waals surface area contributed by atoms with Crippen LogP contribution in [0, 0.1) is 5.92 Å². The highest BCUT2D eigenvalue weighted by Crippen LogP contribution is 2.24. The van der Waals surface area contributed by atoms with E-state index in [0.717, 1.165) is 13.0 Å². The fourth-order valence-electron chi connectivity index (χ4n) is 2.11. The number of hydrogen-bond acceptors (Lipinski definition) is 4. The van der Waals surface area contributed by atoms with E-state index in [1.54, 1.807) is 0 Å². The first-order chi connectivity index (χ1) is 6.88. The van der Waals surface area contributed by atoms with Crippen LogP contribution in [0.25, 0.3) is 0 Å². The smallest absolute Gasteiger partial charge is 0.148 e. The molecule has 15 heavy (non-hydrogen) atoms. The Bertz CT molecular complexity index is 290. The van der Waals surface area contributed by atoms with Gasteiger partial charge in [-0.2, -0.15) is 0 Å². The van der Waals surface area contributed by atoms with Crippen LogP contribution in [0.2, 0.25) is 0 Å². The summed E-state index contributed by atoms with van der Waals surface area (Å²) in [5.74, 6) is 0.792. The van der Waals surface area contributed by atoms with Gasteiger partial charge < -0.3 is 10.6 Å². The van der Waals surface area contributed by atoms with Gasteiger partial charge in [0.2, 0.25) is 0 Å². The quantitative estimate of drug-likeness (QED) is 0.732. The highest BCUT2D eigenvalue weighted by atomic mass is 32.2. The minimum Gasteiger partial charge on any atom is -0.327 e. The van der Waals surface area contributed by atoms with Crippen molar-refractivity contribution in [3.05, 3.63) is 0 Å². The lowest BCUT2D eigenvalue weighted by atomic mass is 10.0. The van der Waals surface area contributed by atoms with Crippen LogP contribution in [0.15, 0.2) is 0 Å². The second kappa shape index (κ2) is 5.27. The molecule has 5 heteroatoms. The fourth-order valence-corrected chi connectivity index (χ4v) is 2.75. The van der Waals surface area contributed by atoms with E-state index in [-0.39, 0.29) is 5.75 Å². The zero-order valence-electron chi connectivity index (χ0n) is 9.65. The molecule has 0 bridgehead atoms. The molecule has 1 aliphatic carbocycles. The number of rotatable bonds is 5. The molecular weight excluding hydrogens is 212 g/mol. The Kier molecular flexibility index (Phi) is 4.55. The van der Waals surface area contributed by atoms with Gasteiger partial charge in [0.05, 0.1) is 5.75 Å². The zero-order chi connectivity index (χ0) is 11.5. The number of hydrogen-bond donors (Lipinski definition) is 1. The standard InChI is InChI=1S/C10H22N2O2S/c1-12(6-7-15(2,13)14)8-9-4-3-5-10(9)11/h9-10H,3-8,11H2,1-2H3. The lowest BCUT2D eigenvalue weighted by molar-refractivity contribution is 0.278. The van der Waals surface area contributed by atoms with Crippen LogP contribution in [0.1, 0.15) is 19.3 Å². The first kappa shape index (κ1) is 12.9. The third-order valence-electron chi connectivity index (χ3n) is 3.11. The van der Waals surface area contributed by atoms with E-state index in [4.69, 9.17) is 5.73 Å². The van der Waals surface area contributed by atoms with Crippen LogP contribution in [-0.4, -0.2) is 51.5 Å². The molecule has 0 spiro atoms. The summed E-state index contributed by atoms with van der Waals surface area (Å²) in [7, 11) is -0.871. The van der Waals surface area contributed by atoms with Gasteiger partial charge in [-0.3, -0.25) is 0 Å². The third-order valence-corrected chi connectivity index (χ3v) is 4.03. The van der Waals surface area contributed by atoms with E-state index in [9.17, 15) is 8.42 Å². The molecule has 2 N–H and O–H groups in total. The molecule has 2 atom stereocenters. The zero-order valence-corrected chi connectivity index (χ0v) is 10.5. The Morgan fingerprint density at radius 1 is 1.40 bits per heavy atom. The van der Waals surface area contributed by atoms with Crippen molar-refractivity contribution in [1.29, 1.82) is 0 Å². The lowest BCUT2D eigenvalue weighted by Crippen LogP contribution is -2.36. The summed E-state index contributed by atoms with van der Waals surface area (Å²) < 4.78 is 22.0. The second-order valence-electron chi connectivity index (χ2n) is 4.75. The van der Waals surface area contributed by atoms with Gasteiger partial charge in [0.15, 0.2) is 0 Å². The summed E-state index contributed by atoms with van der Waals surface area (Å²) in [4.78, 5) is 2.08. The molecule has 0 saturated heterocycles. The van der Waals surface area contributed by atoms with E-state index in [2.05, 4.69) is 4.90 Å². The molecule has 1 fully saturated rings. The maximum Gasteiger partial charge on any atom is 0.148 e. The molecule has 4 nitrogen and oxygen atoms in total. The van der Waals surface area contributed by atoms with E-state index in [1.165, 1.54) is 19.1 Å². The van der Waals surface area contributed by atoms with Gasteiger partial charge in [0.25, 0.3) is 0 Å². The summed E-state index contributed by atoms with van der Waals surface area (Å²) in [5.41, 5.74) is 5.96. The largest absolute Gasteiger partial charge is 0.327 e. The average molecular weight is 234 g/mol. The molecule has 0 aromatic heterocycles. The minimum atomic E-state index is -2.84. The van der Waals surface area contributed by atoms with Crippen molar-refractivity contribution in [1.82, 2.24) is 4.90 Å². The van der Waals surface area contributed by atoms with Crippen molar-refractivity contribution in [3.63, 3.8) is 0 Å². The molecule has 0 aliphatic heterocycles. The molecule has 0 radical (unpaired) electrons. The third kappa shape index (κ3) is 4.95. The predicted octanol–water partition coefficient (Wildman–Crippen LogP) is 0.0902. The highest BCUT2D eigenvalue weighted by molar-refractivity contribution is 7.90. The molecular formula is C10H22N2O2S. The topological polar surface area (TPSA) is 63.4 Å². The summed E-state index contributed by atoms with van der Waals surface area (Å²) in [6, 6.07) is 0.311. The van der Waals surface area contributed by atoms with E-state index >= 15 is 0 Å². The Labute approximate surface area is 92.7 Å². The molecule has 1 rings (SSSR count). The van der Waals surface area contributed by atoms with E-state index < -0.39 is 9.84 Å². The molecule has 0 heterocycles. The van der Waals surface area contributed by atoms with Gasteiger partial charge in [-0.15, -0.1) is 0 Å². The number of sulfone groups is 1. The fraction of sp³-hybridized carbons (Fsp3) is 1.00.